The van der Waals surface area contributed by atoms with Crippen LogP contribution in [-0.4, -0.2) is 35.1 Å². The van der Waals surface area contributed by atoms with Gasteiger partial charge >= 0.3 is 0 Å². The van der Waals surface area contributed by atoms with E-state index in [4.69, 9.17) is 5.73 Å². The van der Waals surface area contributed by atoms with Gasteiger partial charge in [0.1, 0.15) is 0 Å². The van der Waals surface area contributed by atoms with Crippen LogP contribution in [0.1, 0.15) is 18.7 Å². The Hall–Kier alpha value is -0.0700. The number of halogens is 2. The number of hydrogen-bond donors (Lipinski definition) is 2. The molecular weight excluding hydrogens is 279 g/mol. The van der Waals surface area contributed by atoms with Crippen molar-refractivity contribution in [1.29, 1.82) is 0 Å². The molecule has 0 aliphatic carbocycles. The standard InChI is InChI=1S/C10H18N4S.2ClH/c1-7-5-14(8(2)3-12-7)6-9-4-13-10(11)15-9;;/h4,7-8,12H,3,5-6H2,1-2H3,(H2,11,13);2*1H. The topological polar surface area (TPSA) is 54.2 Å². The molecular formula is C10H20Cl2N4S. The maximum Gasteiger partial charge on any atom is 0.180 e. The number of nitrogens with zero attached hydrogens (tertiary/aromatic N) is 2. The fourth-order valence-corrected chi connectivity index (χ4v) is 2.62. The Morgan fingerprint density at radius 2 is 2.24 bits per heavy atom. The van der Waals surface area contributed by atoms with E-state index in [9.17, 15) is 0 Å². The Balaban J connectivity index is 0.00000128. The molecule has 4 nitrogen and oxygen atoms in total. The summed E-state index contributed by atoms with van der Waals surface area (Å²) in [6.45, 7) is 7.61. The lowest BCUT2D eigenvalue weighted by Crippen LogP contribution is -2.53. The van der Waals surface area contributed by atoms with E-state index in [2.05, 4.69) is 29.0 Å². The third-order valence-electron chi connectivity index (χ3n) is 2.82. The molecule has 7 heteroatoms. The van der Waals surface area contributed by atoms with Crippen molar-refractivity contribution in [3.8, 4) is 0 Å². The zero-order valence-corrected chi connectivity index (χ0v) is 12.5. The number of thiazole rings is 1. The molecule has 1 aromatic rings. The van der Waals surface area contributed by atoms with Crippen LogP contribution in [0.25, 0.3) is 0 Å². The SMILES string of the molecule is CC1CN(Cc2cnc(N)s2)C(C)CN1.Cl.Cl. The van der Waals surface area contributed by atoms with Gasteiger partial charge in [-0.3, -0.25) is 4.90 Å². The molecule has 0 bridgehead atoms. The lowest BCUT2D eigenvalue weighted by Gasteiger charge is -2.37. The summed E-state index contributed by atoms with van der Waals surface area (Å²) in [5.74, 6) is 0. The Kier molecular flexibility index (Phi) is 7.35. The molecule has 3 N–H and O–H groups in total. The fourth-order valence-electron chi connectivity index (χ4n) is 1.91. The van der Waals surface area contributed by atoms with Gasteiger partial charge in [-0.05, 0) is 13.8 Å². The molecule has 0 aromatic carbocycles. The van der Waals surface area contributed by atoms with Crippen LogP contribution in [0.3, 0.4) is 0 Å². The molecule has 1 saturated heterocycles. The molecule has 0 saturated carbocycles. The van der Waals surface area contributed by atoms with Crippen LogP contribution in [0, 0.1) is 0 Å². The van der Waals surface area contributed by atoms with E-state index >= 15 is 0 Å². The summed E-state index contributed by atoms with van der Waals surface area (Å²) in [6.07, 6.45) is 1.89. The van der Waals surface area contributed by atoms with Gasteiger partial charge in [0, 0.05) is 42.8 Å². The van der Waals surface area contributed by atoms with E-state index in [0.29, 0.717) is 17.2 Å². The van der Waals surface area contributed by atoms with Crippen molar-refractivity contribution in [2.24, 2.45) is 0 Å². The molecule has 2 rings (SSSR count). The molecule has 0 spiro atoms. The van der Waals surface area contributed by atoms with Crippen LogP contribution in [0.5, 0.6) is 0 Å². The summed E-state index contributed by atoms with van der Waals surface area (Å²) >= 11 is 1.59. The van der Waals surface area contributed by atoms with Gasteiger partial charge in [-0.15, -0.1) is 36.2 Å². The third-order valence-corrected chi connectivity index (χ3v) is 3.64. The number of aromatic nitrogens is 1. The second-order valence-electron chi connectivity index (χ2n) is 4.25. The van der Waals surface area contributed by atoms with E-state index < -0.39 is 0 Å². The second-order valence-corrected chi connectivity index (χ2v) is 5.40. The zero-order valence-electron chi connectivity index (χ0n) is 10.0. The molecule has 1 aliphatic rings. The number of hydrogen-bond acceptors (Lipinski definition) is 5. The van der Waals surface area contributed by atoms with Gasteiger partial charge in [0.25, 0.3) is 0 Å². The molecule has 100 valence electrons. The van der Waals surface area contributed by atoms with Crippen LogP contribution in [0.2, 0.25) is 0 Å². The highest BCUT2D eigenvalue weighted by Crippen LogP contribution is 2.19. The van der Waals surface area contributed by atoms with Crippen molar-refractivity contribution in [1.82, 2.24) is 15.2 Å². The number of anilines is 1. The minimum absolute atomic E-state index is 0. The van der Waals surface area contributed by atoms with E-state index in [1.54, 1.807) is 11.3 Å². The summed E-state index contributed by atoms with van der Waals surface area (Å²) in [4.78, 5) is 7.82. The second kappa shape index (κ2) is 7.38. The lowest BCUT2D eigenvalue weighted by molar-refractivity contribution is 0.140. The molecule has 0 amide bonds. The van der Waals surface area contributed by atoms with Gasteiger partial charge in [0.15, 0.2) is 5.13 Å². The number of piperazine rings is 1. The maximum absolute atomic E-state index is 5.62. The predicted octanol–water partition coefficient (Wildman–Crippen LogP) is 1.75. The van der Waals surface area contributed by atoms with Gasteiger partial charge in [-0.2, -0.15) is 0 Å². The first-order valence-electron chi connectivity index (χ1n) is 5.33. The Morgan fingerprint density at radius 3 is 2.82 bits per heavy atom. The van der Waals surface area contributed by atoms with Gasteiger partial charge in [0.2, 0.25) is 0 Å². The molecule has 1 aromatic heterocycles. The Morgan fingerprint density at radius 1 is 1.53 bits per heavy atom. The minimum atomic E-state index is 0. The number of nitrogens with one attached hydrogen (secondary N) is 1. The highest BCUT2D eigenvalue weighted by Gasteiger charge is 2.22. The van der Waals surface area contributed by atoms with Crippen LogP contribution in [-0.2, 0) is 6.54 Å². The zero-order chi connectivity index (χ0) is 10.8. The van der Waals surface area contributed by atoms with Crippen molar-refractivity contribution in [2.75, 3.05) is 18.8 Å². The molecule has 2 heterocycles. The molecule has 1 fully saturated rings. The summed E-state index contributed by atoms with van der Waals surface area (Å²) in [5, 5.41) is 4.14. The Labute approximate surface area is 119 Å². The summed E-state index contributed by atoms with van der Waals surface area (Å²) in [7, 11) is 0. The van der Waals surface area contributed by atoms with Crippen molar-refractivity contribution >= 4 is 41.3 Å². The quantitative estimate of drug-likeness (QED) is 0.873. The molecule has 2 atom stereocenters. The molecule has 17 heavy (non-hydrogen) atoms. The summed E-state index contributed by atoms with van der Waals surface area (Å²) in [5.41, 5.74) is 5.62. The first-order chi connectivity index (χ1) is 7.15. The summed E-state index contributed by atoms with van der Waals surface area (Å²) in [6, 6.07) is 1.16. The normalized spacial score (nSPS) is 24.8. The van der Waals surface area contributed by atoms with Crippen LogP contribution >= 0.6 is 36.2 Å². The third kappa shape index (κ3) is 4.60. The number of nitrogen functional groups attached to an aromatic ring is 1. The average molecular weight is 299 g/mol. The van der Waals surface area contributed by atoms with Gasteiger partial charge in [0.05, 0.1) is 0 Å². The highest BCUT2D eigenvalue weighted by atomic mass is 35.5. The van der Waals surface area contributed by atoms with Crippen molar-refractivity contribution in [2.45, 2.75) is 32.5 Å². The number of nitrogens with two attached hydrogens (primary N) is 1. The molecule has 1 aliphatic heterocycles. The van der Waals surface area contributed by atoms with Crippen LogP contribution < -0.4 is 11.1 Å². The average Bonchev–Trinajstić information content (AvgIpc) is 2.58. The first kappa shape index (κ1) is 16.9. The van der Waals surface area contributed by atoms with E-state index in [0.717, 1.165) is 19.6 Å². The van der Waals surface area contributed by atoms with Crippen LogP contribution in [0.15, 0.2) is 6.20 Å². The predicted molar refractivity (Wildman–Crippen MR) is 78.4 cm³/mol. The van der Waals surface area contributed by atoms with E-state index in [1.807, 2.05) is 6.20 Å². The minimum Gasteiger partial charge on any atom is -0.375 e. The summed E-state index contributed by atoms with van der Waals surface area (Å²) < 4.78 is 0. The maximum atomic E-state index is 5.62. The smallest absolute Gasteiger partial charge is 0.180 e. The fraction of sp³-hybridized carbons (Fsp3) is 0.700. The van der Waals surface area contributed by atoms with E-state index in [1.165, 1.54) is 4.88 Å². The Bertz CT molecular complexity index is 334. The molecule has 2 unspecified atom stereocenters. The monoisotopic (exact) mass is 298 g/mol. The lowest BCUT2D eigenvalue weighted by atomic mass is 10.1. The van der Waals surface area contributed by atoms with Crippen molar-refractivity contribution < 1.29 is 0 Å². The van der Waals surface area contributed by atoms with Gasteiger partial charge < -0.3 is 11.1 Å². The van der Waals surface area contributed by atoms with Gasteiger partial charge in [-0.1, -0.05) is 0 Å². The molecule has 0 radical (unpaired) electrons. The first-order valence-corrected chi connectivity index (χ1v) is 6.14. The van der Waals surface area contributed by atoms with Crippen LogP contribution in [0.4, 0.5) is 5.13 Å². The van der Waals surface area contributed by atoms with Crippen molar-refractivity contribution in [3.05, 3.63) is 11.1 Å². The van der Waals surface area contributed by atoms with Gasteiger partial charge in [-0.25, -0.2) is 4.98 Å². The largest absolute Gasteiger partial charge is 0.375 e. The number of rotatable bonds is 2. The highest BCUT2D eigenvalue weighted by molar-refractivity contribution is 7.15. The van der Waals surface area contributed by atoms with Crippen molar-refractivity contribution in [3.63, 3.8) is 0 Å². The van der Waals surface area contributed by atoms with E-state index in [-0.39, 0.29) is 24.8 Å².